The number of carbonyl (C=O) groups excluding carboxylic acids is 2. The fourth-order valence-corrected chi connectivity index (χ4v) is 3.49. The van der Waals surface area contributed by atoms with E-state index in [-0.39, 0.29) is 11.6 Å². The summed E-state index contributed by atoms with van der Waals surface area (Å²) in [5.74, 6) is -0.904. The number of rotatable bonds is 7. The number of hydrazone groups is 1. The van der Waals surface area contributed by atoms with Crippen molar-refractivity contribution in [3.05, 3.63) is 119 Å². The normalized spacial score (nSPS) is 11.4. The molecule has 35 heavy (non-hydrogen) atoms. The molecule has 4 aromatic rings. The molecule has 4 rings (SSSR count). The van der Waals surface area contributed by atoms with Gasteiger partial charge in [0.2, 0.25) is 0 Å². The Morgan fingerprint density at radius 3 is 2.14 bits per heavy atom. The third kappa shape index (κ3) is 6.21. The van der Waals surface area contributed by atoms with Gasteiger partial charge < -0.3 is 10.2 Å². The predicted octanol–water partition coefficient (Wildman–Crippen LogP) is 4.83. The van der Waals surface area contributed by atoms with Crippen molar-refractivity contribution in [2.75, 3.05) is 19.0 Å². The molecule has 174 valence electrons. The van der Waals surface area contributed by atoms with Crippen molar-refractivity contribution in [3.63, 3.8) is 0 Å². The van der Waals surface area contributed by atoms with Gasteiger partial charge in [0, 0.05) is 25.3 Å². The molecule has 0 saturated heterocycles. The van der Waals surface area contributed by atoms with Crippen molar-refractivity contribution in [3.8, 4) is 0 Å². The average Bonchev–Trinajstić information content (AvgIpc) is 2.89. The summed E-state index contributed by atoms with van der Waals surface area (Å²) in [4.78, 5) is 27.7. The first kappa shape index (κ1) is 23.4. The second kappa shape index (κ2) is 10.9. The molecule has 0 aliphatic heterocycles. The van der Waals surface area contributed by atoms with E-state index in [1.54, 1.807) is 36.6 Å². The molecule has 6 heteroatoms. The topological polar surface area (TPSA) is 73.8 Å². The van der Waals surface area contributed by atoms with Crippen LogP contribution < -0.4 is 15.6 Å². The van der Waals surface area contributed by atoms with E-state index in [4.69, 9.17) is 0 Å². The van der Waals surface area contributed by atoms with Crippen LogP contribution in [0.25, 0.3) is 16.8 Å². The number of anilines is 1. The van der Waals surface area contributed by atoms with E-state index in [1.165, 1.54) is 0 Å². The van der Waals surface area contributed by atoms with Crippen molar-refractivity contribution >= 4 is 40.6 Å². The maximum absolute atomic E-state index is 13.0. The first-order chi connectivity index (χ1) is 17.0. The zero-order chi connectivity index (χ0) is 24.6. The van der Waals surface area contributed by atoms with Crippen LogP contribution in [-0.4, -0.2) is 32.1 Å². The fourth-order valence-electron chi connectivity index (χ4n) is 3.49. The minimum atomic E-state index is -0.525. The summed E-state index contributed by atoms with van der Waals surface area (Å²) >= 11 is 0. The van der Waals surface area contributed by atoms with Crippen molar-refractivity contribution in [1.29, 1.82) is 0 Å². The van der Waals surface area contributed by atoms with Crippen molar-refractivity contribution in [2.24, 2.45) is 5.10 Å². The number of amides is 2. The molecule has 0 saturated carbocycles. The van der Waals surface area contributed by atoms with Crippen LogP contribution >= 0.6 is 0 Å². The summed E-state index contributed by atoms with van der Waals surface area (Å²) in [5, 5.41) is 9.03. The number of hydrogen-bond acceptors (Lipinski definition) is 4. The van der Waals surface area contributed by atoms with Crippen LogP contribution in [0.4, 0.5) is 5.69 Å². The lowest BCUT2D eigenvalue weighted by Gasteiger charge is -2.12. The monoisotopic (exact) mass is 462 g/mol. The fraction of sp³-hybridized carbons (Fsp3) is 0.0690. The summed E-state index contributed by atoms with van der Waals surface area (Å²) in [6, 6.07) is 30.3. The number of hydrogen-bond donors (Lipinski definition) is 2. The molecule has 0 heterocycles. The molecular weight excluding hydrogens is 436 g/mol. The minimum absolute atomic E-state index is 0.0899. The Morgan fingerprint density at radius 1 is 0.771 bits per heavy atom. The maximum Gasteiger partial charge on any atom is 0.287 e. The Morgan fingerprint density at radius 2 is 1.43 bits per heavy atom. The highest BCUT2D eigenvalue weighted by Crippen LogP contribution is 2.16. The summed E-state index contributed by atoms with van der Waals surface area (Å²) in [6.07, 6.45) is 3.20. The summed E-state index contributed by atoms with van der Waals surface area (Å²) in [7, 11) is 3.91. The molecule has 6 nitrogen and oxygen atoms in total. The molecule has 0 spiro atoms. The highest BCUT2D eigenvalue weighted by atomic mass is 16.2. The quantitative estimate of drug-likeness (QED) is 0.235. The van der Waals surface area contributed by atoms with Crippen molar-refractivity contribution in [1.82, 2.24) is 10.7 Å². The van der Waals surface area contributed by atoms with Gasteiger partial charge in [-0.15, -0.1) is 0 Å². The summed E-state index contributed by atoms with van der Waals surface area (Å²) in [5.41, 5.74) is 5.72. The molecule has 0 aromatic heterocycles. The first-order valence-corrected chi connectivity index (χ1v) is 11.2. The number of benzene rings is 4. The molecule has 0 fully saturated rings. The number of carbonyl (C=O) groups is 2. The van der Waals surface area contributed by atoms with Gasteiger partial charge in [-0.3, -0.25) is 9.59 Å². The van der Waals surface area contributed by atoms with Gasteiger partial charge >= 0.3 is 0 Å². The minimum Gasteiger partial charge on any atom is -0.378 e. The molecule has 0 atom stereocenters. The van der Waals surface area contributed by atoms with E-state index >= 15 is 0 Å². The van der Waals surface area contributed by atoms with Crippen LogP contribution in [-0.2, 0) is 4.79 Å². The molecular formula is C29H26N4O2. The number of nitrogens with zero attached hydrogens (tertiary/aromatic N) is 2. The molecule has 0 aliphatic rings. The van der Waals surface area contributed by atoms with E-state index in [2.05, 4.69) is 15.8 Å². The molecule has 2 amide bonds. The largest absolute Gasteiger partial charge is 0.378 e. The van der Waals surface area contributed by atoms with Crippen LogP contribution in [0.1, 0.15) is 21.5 Å². The maximum atomic E-state index is 13.0. The van der Waals surface area contributed by atoms with E-state index in [0.29, 0.717) is 5.56 Å². The zero-order valence-corrected chi connectivity index (χ0v) is 19.6. The van der Waals surface area contributed by atoms with E-state index in [9.17, 15) is 9.59 Å². The van der Waals surface area contributed by atoms with Crippen LogP contribution in [0.5, 0.6) is 0 Å². The SMILES string of the molecule is CN(C)c1ccc(C=C(NC(=O)c2ccccc2)C(=O)NN=Cc2ccc3ccccc3c2)cc1. The molecule has 0 bridgehead atoms. The third-order valence-corrected chi connectivity index (χ3v) is 5.40. The van der Waals surface area contributed by atoms with Crippen LogP contribution in [0, 0.1) is 0 Å². The van der Waals surface area contributed by atoms with Gasteiger partial charge in [-0.1, -0.05) is 66.7 Å². The Labute approximate surface area is 204 Å². The highest BCUT2D eigenvalue weighted by molar-refractivity contribution is 6.05. The van der Waals surface area contributed by atoms with Crippen LogP contribution in [0.15, 0.2) is 108 Å². The van der Waals surface area contributed by atoms with Crippen molar-refractivity contribution in [2.45, 2.75) is 0 Å². The molecule has 0 aliphatic carbocycles. The summed E-state index contributed by atoms with van der Waals surface area (Å²) in [6.45, 7) is 0. The lowest BCUT2D eigenvalue weighted by molar-refractivity contribution is -0.117. The second-order valence-corrected chi connectivity index (χ2v) is 8.17. The number of nitrogens with one attached hydrogen (secondary N) is 2. The van der Waals surface area contributed by atoms with Crippen LogP contribution in [0.3, 0.4) is 0 Å². The lowest BCUT2D eigenvalue weighted by atomic mass is 10.1. The molecule has 0 unspecified atom stereocenters. The van der Waals surface area contributed by atoms with E-state index < -0.39 is 5.91 Å². The number of fused-ring (bicyclic) bond motifs is 1. The zero-order valence-electron chi connectivity index (χ0n) is 19.6. The van der Waals surface area contributed by atoms with Gasteiger partial charge in [0.1, 0.15) is 5.70 Å². The molecule has 2 N–H and O–H groups in total. The van der Waals surface area contributed by atoms with Gasteiger partial charge in [-0.25, -0.2) is 5.43 Å². The van der Waals surface area contributed by atoms with Gasteiger partial charge in [0.25, 0.3) is 11.8 Å². The van der Waals surface area contributed by atoms with Crippen LogP contribution in [0.2, 0.25) is 0 Å². The lowest BCUT2D eigenvalue weighted by Crippen LogP contribution is -2.32. The Bertz CT molecular complexity index is 1390. The average molecular weight is 463 g/mol. The summed E-state index contributed by atoms with van der Waals surface area (Å²) < 4.78 is 0. The first-order valence-electron chi connectivity index (χ1n) is 11.2. The second-order valence-electron chi connectivity index (χ2n) is 8.17. The standard InChI is InChI=1S/C29H26N4O2/c1-33(2)26-16-13-21(14-17-26)19-27(31-28(34)24-9-4-3-5-10-24)29(35)32-30-20-22-12-15-23-8-6-7-11-25(23)18-22/h3-20H,1-2H3,(H,31,34)(H,32,35). The Balaban J connectivity index is 1.54. The van der Waals surface area contributed by atoms with E-state index in [1.807, 2.05) is 91.8 Å². The van der Waals surface area contributed by atoms with Crippen molar-refractivity contribution < 1.29 is 9.59 Å². The smallest absolute Gasteiger partial charge is 0.287 e. The Kier molecular flexibility index (Phi) is 7.33. The highest BCUT2D eigenvalue weighted by Gasteiger charge is 2.14. The Hall–Kier alpha value is -4.71. The van der Waals surface area contributed by atoms with Gasteiger partial charge in [-0.05, 0) is 58.3 Å². The predicted molar refractivity (Wildman–Crippen MR) is 142 cm³/mol. The molecule has 0 radical (unpaired) electrons. The third-order valence-electron chi connectivity index (χ3n) is 5.40. The van der Waals surface area contributed by atoms with Gasteiger partial charge in [0.05, 0.1) is 6.21 Å². The van der Waals surface area contributed by atoms with Gasteiger partial charge in [0.15, 0.2) is 0 Å². The van der Waals surface area contributed by atoms with E-state index in [0.717, 1.165) is 27.6 Å². The van der Waals surface area contributed by atoms with Gasteiger partial charge in [-0.2, -0.15) is 5.10 Å². The molecule has 4 aromatic carbocycles.